The van der Waals surface area contributed by atoms with Crippen LogP contribution in [0.3, 0.4) is 0 Å². The van der Waals surface area contributed by atoms with E-state index in [0.717, 1.165) is 0 Å². The maximum absolute atomic E-state index is 12.3. The quantitative estimate of drug-likeness (QED) is 0.319. The number of carbonyl (C=O) groups excluding carboxylic acids is 2. The predicted molar refractivity (Wildman–Crippen MR) is 101 cm³/mol. The Bertz CT molecular complexity index is 730. The van der Waals surface area contributed by atoms with Crippen molar-refractivity contribution in [2.75, 3.05) is 20.7 Å². The second kappa shape index (κ2) is 7.46. The highest BCUT2D eigenvalue weighted by molar-refractivity contribution is 9.10. The molecule has 1 aromatic rings. The molecular formula is C16H14BrClN2O3S. The van der Waals surface area contributed by atoms with Crippen LogP contribution in [-0.4, -0.2) is 47.4 Å². The number of rotatable bonds is 4. The lowest BCUT2D eigenvalue weighted by Crippen LogP contribution is -2.52. The van der Waals surface area contributed by atoms with E-state index in [9.17, 15) is 9.59 Å². The Hall–Kier alpha value is -1.70. The third-order valence-electron chi connectivity index (χ3n) is 3.32. The summed E-state index contributed by atoms with van der Waals surface area (Å²) >= 11 is 14.6. The summed E-state index contributed by atoms with van der Waals surface area (Å²) in [6, 6.07) is 3.33. The van der Waals surface area contributed by atoms with Crippen molar-refractivity contribution in [2.24, 2.45) is 0 Å². The molecular weight excluding hydrogens is 416 g/mol. The summed E-state index contributed by atoms with van der Waals surface area (Å²) in [6.07, 6.45) is 3.08. The zero-order chi connectivity index (χ0) is 18.0. The Kier molecular flexibility index (Phi) is 5.79. The number of thiocarbonyl (C=S) groups is 1. The van der Waals surface area contributed by atoms with Crippen molar-refractivity contribution in [1.82, 2.24) is 9.80 Å². The fourth-order valence-electron chi connectivity index (χ4n) is 2.08. The van der Waals surface area contributed by atoms with Gasteiger partial charge in [0, 0.05) is 14.1 Å². The largest absolute Gasteiger partial charge is 0.487 e. The van der Waals surface area contributed by atoms with E-state index in [0.29, 0.717) is 27.4 Å². The molecule has 1 aliphatic rings. The summed E-state index contributed by atoms with van der Waals surface area (Å²) < 4.78 is 6.08. The van der Waals surface area contributed by atoms with Crippen LogP contribution >= 0.6 is 39.7 Å². The van der Waals surface area contributed by atoms with E-state index < -0.39 is 11.8 Å². The van der Waals surface area contributed by atoms with Gasteiger partial charge in [0.25, 0.3) is 11.8 Å². The van der Waals surface area contributed by atoms with E-state index in [2.05, 4.69) is 22.5 Å². The third-order valence-corrected chi connectivity index (χ3v) is 4.74. The maximum atomic E-state index is 12.3. The smallest absolute Gasteiger partial charge is 0.265 e. The van der Waals surface area contributed by atoms with Crippen molar-refractivity contribution < 1.29 is 14.3 Å². The average Bonchev–Trinajstić information content (AvgIpc) is 2.54. The van der Waals surface area contributed by atoms with Gasteiger partial charge >= 0.3 is 0 Å². The van der Waals surface area contributed by atoms with Gasteiger partial charge in [-0.15, -0.1) is 0 Å². The van der Waals surface area contributed by atoms with Gasteiger partial charge in [-0.05, 0) is 51.9 Å². The molecule has 0 N–H and O–H groups in total. The van der Waals surface area contributed by atoms with Gasteiger partial charge in [-0.25, -0.2) is 0 Å². The first-order valence-electron chi connectivity index (χ1n) is 6.82. The molecule has 24 heavy (non-hydrogen) atoms. The number of hydrogen-bond donors (Lipinski definition) is 0. The zero-order valence-electron chi connectivity index (χ0n) is 13.0. The van der Waals surface area contributed by atoms with Crippen molar-refractivity contribution in [3.05, 3.63) is 45.4 Å². The van der Waals surface area contributed by atoms with Gasteiger partial charge in [-0.3, -0.25) is 19.4 Å². The molecule has 1 fully saturated rings. The summed E-state index contributed by atoms with van der Waals surface area (Å²) in [5.41, 5.74) is 0.598. The van der Waals surface area contributed by atoms with Crippen LogP contribution in [0.2, 0.25) is 5.02 Å². The monoisotopic (exact) mass is 428 g/mol. The van der Waals surface area contributed by atoms with E-state index in [4.69, 9.17) is 28.6 Å². The maximum Gasteiger partial charge on any atom is 0.265 e. The van der Waals surface area contributed by atoms with E-state index in [1.807, 2.05) is 0 Å². The van der Waals surface area contributed by atoms with Crippen LogP contribution in [-0.2, 0) is 9.59 Å². The minimum absolute atomic E-state index is 0.0105. The van der Waals surface area contributed by atoms with Crippen LogP contribution < -0.4 is 4.74 Å². The number of likely N-dealkylation sites (N-methyl/N-ethyl adjacent to an activating group) is 2. The molecule has 0 aliphatic carbocycles. The minimum atomic E-state index is -0.456. The minimum Gasteiger partial charge on any atom is -0.487 e. The van der Waals surface area contributed by atoms with Gasteiger partial charge in [0.1, 0.15) is 12.2 Å². The molecule has 126 valence electrons. The molecule has 0 saturated carbocycles. The van der Waals surface area contributed by atoms with Crippen molar-refractivity contribution in [2.45, 2.75) is 0 Å². The van der Waals surface area contributed by atoms with Gasteiger partial charge in [-0.1, -0.05) is 24.3 Å². The summed E-state index contributed by atoms with van der Waals surface area (Å²) in [5, 5.41) is 0.514. The van der Waals surface area contributed by atoms with Crippen molar-refractivity contribution in [1.29, 1.82) is 0 Å². The van der Waals surface area contributed by atoms with Gasteiger partial charge in [0.2, 0.25) is 0 Å². The van der Waals surface area contributed by atoms with Crippen LogP contribution in [0.5, 0.6) is 5.75 Å². The molecule has 1 aliphatic heterocycles. The Balaban J connectivity index is 2.43. The summed E-state index contributed by atoms with van der Waals surface area (Å²) in [6.45, 7) is 3.89. The topological polar surface area (TPSA) is 49.9 Å². The Morgan fingerprint density at radius 1 is 1.29 bits per heavy atom. The van der Waals surface area contributed by atoms with E-state index in [1.165, 1.54) is 30.0 Å². The number of carbonyl (C=O) groups is 2. The molecule has 0 atom stereocenters. The molecule has 5 nitrogen and oxygen atoms in total. The van der Waals surface area contributed by atoms with Crippen LogP contribution in [0.4, 0.5) is 0 Å². The molecule has 2 amide bonds. The first-order chi connectivity index (χ1) is 11.3. The normalized spacial score (nSPS) is 15.0. The number of halogens is 2. The molecule has 0 radical (unpaired) electrons. The number of benzene rings is 1. The fraction of sp³-hybridized carbons (Fsp3) is 0.188. The molecule has 1 heterocycles. The molecule has 0 unspecified atom stereocenters. The number of nitrogens with zero attached hydrogens (tertiary/aromatic N) is 2. The summed E-state index contributed by atoms with van der Waals surface area (Å²) in [7, 11) is 3.05. The van der Waals surface area contributed by atoms with Gasteiger partial charge in [-0.2, -0.15) is 0 Å². The standard InChI is InChI=1S/C16H14BrClN2O3S/c1-4-5-23-13-11(17)7-9(8-12(13)18)6-10-14(21)19(2)16(24)20(3)15(10)22/h4,6-8H,1,5H2,2-3H3. The summed E-state index contributed by atoms with van der Waals surface area (Å²) in [5.74, 6) is -0.444. The molecule has 1 aromatic carbocycles. The Morgan fingerprint density at radius 2 is 1.88 bits per heavy atom. The van der Waals surface area contributed by atoms with Crippen LogP contribution in [0, 0.1) is 0 Å². The average molecular weight is 430 g/mol. The Labute approximate surface area is 158 Å². The molecule has 0 spiro atoms. The molecule has 0 aromatic heterocycles. The van der Waals surface area contributed by atoms with Crippen LogP contribution in [0.25, 0.3) is 6.08 Å². The number of ether oxygens (including phenoxy) is 1. The number of amides is 2. The second-order valence-electron chi connectivity index (χ2n) is 4.98. The lowest BCUT2D eigenvalue weighted by molar-refractivity contribution is -0.132. The fourth-order valence-corrected chi connectivity index (χ4v) is 3.24. The van der Waals surface area contributed by atoms with E-state index in [1.54, 1.807) is 18.2 Å². The molecule has 2 rings (SSSR count). The van der Waals surface area contributed by atoms with E-state index >= 15 is 0 Å². The number of hydrogen-bond acceptors (Lipinski definition) is 4. The zero-order valence-corrected chi connectivity index (χ0v) is 16.2. The van der Waals surface area contributed by atoms with Crippen LogP contribution in [0.1, 0.15) is 5.56 Å². The van der Waals surface area contributed by atoms with Crippen molar-refractivity contribution in [3.8, 4) is 5.75 Å². The van der Waals surface area contributed by atoms with Gasteiger partial charge in [0.15, 0.2) is 10.9 Å². The molecule has 1 saturated heterocycles. The lowest BCUT2D eigenvalue weighted by Gasteiger charge is -2.31. The van der Waals surface area contributed by atoms with E-state index in [-0.39, 0.29) is 10.7 Å². The summed E-state index contributed by atoms with van der Waals surface area (Å²) in [4.78, 5) is 27.1. The predicted octanol–water partition coefficient (Wildman–Crippen LogP) is 3.27. The van der Waals surface area contributed by atoms with Gasteiger partial charge < -0.3 is 4.74 Å². The lowest BCUT2D eigenvalue weighted by atomic mass is 10.1. The SMILES string of the molecule is C=CCOc1c(Cl)cc(C=C2C(=O)N(C)C(=S)N(C)C2=O)cc1Br. The second-order valence-corrected chi connectivity index (χ2v) is 6.61. The first kappa shape index (κ1) is 18.6. The van der Waals surface area contributed by atoms with Gasteiger partial charge in [0.05, 0.1) is 9.50 Å². The molecule has 8 heteroatoms. The highest BCUT2D eigenvalue weighted by Gasteiger charge is 2.35. The van der Waals surface area contributed by atoms with Crippen molar-refractivity contribution >= 4 is 62.8 Å². The van der Waals surface area contributed by atoms with Crippen molar-refractivity contribution in [3.63, 3.8) is 0 Å². The van der Waals surface area contributed by atoms with Crippen LogP contribution in [0.15, 0.2) is 34.8 Å². The molecule has 0 bridgehead atoms. The first-order valence-corrected chi connectivity index (χ1v) is 8.40. The highest BCUT2D eigenvalue weighted by atomic mass is 79.9. The Morgan fingerprint density at radius 3 is 2.38 bits per heavy atom. The third kappa shape index (κ3) is 3.53. The highest BCUT2D eigenvalue weighted by Crippen LogP contribution is 2.35.